The monoisotopic (exact) mass is 482 g/mol. The first-order chi connectivity index (χ1) is 16.8. The molecule has 4 rings (SSSR count). The Balaban J connectivity index is 1.44. The van der Waals surface area contributed by atoms with Crippen LogP contribution in [0.3, 0.4) is 0 Å². The van der Waals surface area contributed by atoms with Crippen molar-refractivity contribution in [2.45, 2.75) is 70.6 Å². The Morgan fingerprint density at radius 3 is 2.31 bits per heavy atom. The van der Waals surface area contributed by atoms with Gasteiger partial charge in [-0.3, -0.25) is 0 Å². The summed E-state index contributed by atoms with van der Waals surface area (Å²) >= 11 is 0. The topological polar surface area (TPSA) is 9.23 Å². The summed E-state index contributed by atoms with van der Waals surface area (Å²) in [4.78, 5) is 0. The highest BCUT2D eigenvalue weighted by atomic mass is 19.4. The lowest BCUT2D eigenvalue weighted by atomic mass is 9.77. The van der Waals surface area contributed by atoms with Crippen molar-refractivity contribution in [3.8, 4) is 17.6 Å². The predicted molar refractivity (Wildman–Crippen MR) is 132 cm³/mol. The second-order valence-electron chi connectivity index (χ2n) is 9.44. The smallest absolute Gasteiger partial charge is 0.406 e. The van der Waals surface area contributed by atoms with Crippen molar-refractivity contribution in [2.75, 3.05) is 0 Å². The van der Waals surface area contributed by atoms with Gasteiger partial charge in [-0.1, -0.05) is 68.7 Å². The van der Waals surface area contributed by atoms with E-state index in [2.05, 4.69) is 29.6 Å². The Bertz CT molecular complexity index is 1190. The van der Waals surface area contributed by atoms with Gasteiger partial charge in [-0.15, -0.1) is 13.2 Å². The first kappa shape index (κ1) is 25.1. The van der Waals surface area contributed by atoms with E-state index in [0.717, 1.165) is 11.3 Å². The van der Waals surface area contributed by atoms with Crippen molar-refractivity contribution < 1.29 is 22.3 Å². The predicted octanol–water partition coefficient (Wildman–Crippen LogP) is 9.13. The van der Waals surface area contributed by atoms with Gasteiger partial charge in [0.1, 0.15) is 11.6 Å². The highest BCUT2D eigenvalue weighted by Crippen LogP contribution is 2.39. The van der Waals surface area contributed by atoms with Crippen molar-refractivity contribution in [1.82, 2.24) is 0 Å². The van der Waals surface area contributed by atoms with Gasteiger partial charge in [-0.05, 0) is 78.8 Å². The van der Waals surface area contributed by atoms with Crippen LogP contribution >= 0.6 is 0 Å². The molecule has 1 aliphatic rings. The summed E-state index contributed by atoms with van der Waals surface area (Å²) in [5.74, 6) is 6.31. The zero-order valence-corrected chi connectivity index (χ0v) is 19.9. The number of unbranched alkanes of at least 4 members (excludes halogenated alkanes) is 2. The summed E-state index contributed by atoms with van der Waals surface area (Å²) in [7, 11) is 0. The molecule has 0 aliphatic heterocycles. The Hall–Kier alpha value is -3.00. The summed E-state index contributed by atoms with van der Waals surface area (Å²) < 4.78 is 55.9. The summed E-state index contributed by atoms with van der Waals surface area (Å²) in [5, 5.41) is 1.40. The van der Waals surface area contributed by atoms with Crippen LogP contribution in [0.2, 0.25) is 0 Å². The zero-order chi connectivity index (χ0) is 24.8. The molecular formula is C30H30F4O. The van der Waals surface area contributed by atoms with Crippen molar-refractivity contribution in [2.24, 2.45) is 5.92 Å². The average Bonchev–Trinajstić information content (AvgIpc) is 2.84. The van der Waals surface area contributed by atoms with Gasteiger partial charge in [0, 0.05) is 10.9 Å². The van der Waals surface area contributed by atoms with Gasteiger partial charge in [0.2, 0.25) is 0 Å². The van der Waals surface area contributed by atoms with Crippen LogP contribution in [0.15, 0.2) is 54.6 Å². The molecule has 0 bridgehead atoms. The molecule has 1 fully saturated rings. The molecule has 0 N–H and O–H groups in total. The van der Waals surface area contributed by atoms with Crippen LogP contribution in [0.25, 0.3) is 10.8 Å². The number of rotatable bonds is 6. The van der Waals surface area contributed by atoms with Gasteiger partial charge in [0.25, 0.3) is 0 Å². The molecular weight excluding hydrogens is 452 g/mol. The van der Waals surface area contributed by atoms with Gasteiger partial charge >= 0.3 is 6.36 Å². The van der Waals surface area contributed by atoms with E-state index in [0.29, 0.717) is 16.9 Å². The number of benzene rings is 3. The van der Waals surface area contributed by atoms with E-state index >= 15 is 4.39 Å². The third-order valence-electron chi connectivity index (χ3n) is 6.94. The standard InChI is InChI=1S/C30H30F4O/c1-2-3-4-5-21-6-11-23(12-7-21)25-16-19-28-26(20-25)15-14-24(29(28)31)13-8-22-9-17-27(18-10-22)35-30(32,33)34/h9-10,14-21,23H,2-7,11-12H2,1H3. The number of hydrogen-bond donors (Lipinski definition) is 0. The summed E-state index contributed by atoms with van der Waals surface area (Å²) in [6, 6.07) is 14.8. The fourth-order valence-corrected chi connectivity index (χ4v) is 5.01. The highest BCUT2D eigenvalue weighted by molar-refractivity contribution is 5.85. The normalized spacial score (nSPS) is 18.2. The third-order valence-corrected chi connectivity index (χ3v) is 6.94. The number of hydrogen-bond acceptors (Lipinski definition) is 1. The number of fused-ring (bicyclic) bond motifs is 1. The Morgan fingerprint density at radius 2 is 1.63 bits per heavy atom. The fourth-order valence-electron chi connectivity index (χ4n) is 5.01. The Labute approximate surface area is 204 Å². The van der Waals surface area contributed by atoms with E-state index < -0.39 is 6.36 Å². The maximum Gasteiger partial charge on any atom is 0.573 e. The highest BCUT2D eigenvalue weighted by Gasteiger charge is 2.31. The second kappa shape index (κ2) is 11.2. The molecule has 1 saturated carbocycles. The fraction of sp³-hybridized carbons (Fsp3) is 0.400. The zero-order valence-electron chi connectivity index (χ0n) is 19.9. The van der Waals surface area contributed by atoms with Crippen LogP contribution < -0.4 is 4.74 Å². The number of alkyl halides is 3. The van der Waals surface area contributed by atoms with Crippen LogP contribution in [-0.4, -0.2) is 6.36 Å². The summed E-state index contributed by atoms with van der Waals surface area (Å²) in [5.41, 5.74) is 2.01. The third kappa shape index (κ3) is 6.78. The molecule has 1 nitrogen and oxygen atoms in total. The maximum absolute atomic E-state index is 15.1. The molecule has 0 radical (unpaired) electrons. The van der Waals surface area contributed by atoms with E-state index in [1.54, 1.807) is 6.07 Å². The minimum absolute atomic E-state index is 0.258. The Morgan fingerprint density at radius 1 is 0.886 bits per heavy atom. The molecule has 0 amide bonds. The average molecular weight is 483 g/mol. The molecule has 0 unspecified atom stereocenters. The lowest BCUT2D eigenvalue weighted by Gasteiger charge is -2.29. The van der Waals surface area contributed by atoms with E-state index in [-0.39, 0.29) is 17.1 Å². The molecule has 1 aliphatic carbocycles. The molecule has 0 spiro atoms. The SMILES string of the molecule is CCCCCC1CCC(c2ccc3c(F)c(C#Cc4ccc(OC(F)(F)F)cc4)ccc3c2)CC1. The van der Waals surface area contributed by atoms with E-state index in [1.807, 2.05) is 18.2 Å². The van der Waals surface area contributed by atoms with Gasteiger partial charge in [-0.2, -0.15) is 0 Å². The van der Waals surface area contributed by atoms with Crippen molar-refractivity contribution in [3.05, 3.63) is 77.1 Å². The first-order valence-electron chi connectivity index (χ1n) is 12.4. The molecule has 5 heteroatoms. The molecule has 0 saturated heterocycles. The van der Waals surface area contributed by atoms with Gasteiger partial charge < -0.3 is 4.74 Å². The Kier molecular flexibility index (Phi) is 8.00. The first-order valence-corrected chi connectivity index (χ1v) is 12.4. The van der Waals surface area contributed by atoms with Crippen LogP contribution in [0.4, 0.5) is 17.6 Å². The minimum atomic E-state index is -4.74. The molecule has 184 valence electrons. The van der Waals surface area contributed by atoms with Crippen LogP contribution in [0.5, 0.6) is 5.75 Å². The lowest BCUT2D eigenvalue weighted by Crippen LogP contribution is -2.16. The van der Waals surface area contributed by atoms with Crippen molar-refractivity contribution >= 4 is 10.8 Å². The van der Waals surface area contributed by atoms with Gasteiger partial charge in [0.15, 0.2) is 0 Å². The van der Waals surface area contributed by atoms with E-state index in [9.17, 15) is 13.2 Å². The van der Waals surface area contributed by atoms with E-state index in [4.69, 9.17) is 0 Å². The minimum Gasteiger partial charge on any atom is -0.406 e. The maximum atomic E-state index is 15.1. The van der Waals surface area contributed by atoms with Crippen LogP contribution in [-0.2, 0) is 0 Å². The molecule has 3 aromatic carbocycles. The summed E-state index contributed by atoms with van der Waals surface area (Å²) in [6.45, 7) is 2.24. The van der Waals surface area contributed by atoms with Crippen molar-refractivity contribution in [3.63, 3.8) is 0 Å². The molecule has 35 heavy (non-hydrogen) atoms. The summed E-state index contributed by atoms with van der Waals surface area (Å²) in [6.07, 6.45) is 5.48. The van der Waals surface area contributed by atoms with Crippen LogP contribution in [0.1, 0.15) is 80.9 Å². The quantitative estimate of drug-likeness (QED) is 0.193. The molecule has 0 atom stereocenters. The lowest BCUT2D eigenvalue weighted by molar-refractivity contribution is -0.274. The number of ether oxygens (including phenoxy) is 1. The van der Waals surface area contributed by atoms with Gasteiger partial charge in [0.05, 0.1) is 5.56 Å². The molecule has 3 aromatic rings. The molecule has 0 heterocycles. The van der Waals surface area contributed by atoms with Crippen molar-refractivity contribution in [1.29, 1.82) is 0 Å². The second-order valence-corrected chi connectivity index (χ2v) is 9.44. The largest absolute Gasteiger partial charge is 0.573 e. The number of halogens is 4. The molecule has 0 aromatic heterocycles. The van der Waals surface area contributed by atoms with Gasteiger partial charge in [-0.25, -0.2) is 4.39 Å². The van der Waals surface area contributed by atoms with E-state index in [1.165, 1.54) is 81.2 Å². The van der Waals surface area contributed by atoms with Crippen LogP contribution in [0, 0.1) is 23.6 Å².